The number of halogens is 1. The molecule has 3 nitrogen and oxygen atoms in total. The van der Waals surface area contributed by atoms with Crippen LogP contribution in [0.3, 0.4) is 0 Å². The predicted molar refractivity (Wildman–Crippen MR) is 50.8 cm³/mol. The average molecular weight is 250 g/mol. The number of nitrogens with zero attached hydrogens (tertiary/aromatic N) is 1. The topological polar surface area (TPSA) is 50.2 Å². The van der Waals surface area contributed by atoms with E-state index in [2.05, 4.69) is 20.9 Å². The average Bonchev–Trinajstić information content (AvgIpc) is 2.32. The lowest BCUT2D eigenvalue weighted by atomic mass is 10.2. The highest BCUT2D eigenvalue weighted by Crippen LogP contribution is 2.24. The number of carbonyl (C=O) groups is 1. The molecule has 12 heavy (non-hydrogen) atoms. The molecule has 5 heteroatoms. The van der Waals surface area contributed by atoms with Crippen LogP contribution in [0.4, 0.5) is 0 Å². The van der Waals surface area contributed by atoms with E-state index < -0.39 is 5.97 Å². The third-order valence-electron chi connectivity index (χ3n) is 1.35. The monoisotopic (exact) mass is 249 g/mol. The molecule has 0 aliphatic heterocycles. The fourth-order valence-electron chi connectivity index (χ4n) is 0.896. The maximum atomic E-state index is 10.7. The number of hydrogen-bond donors (Lipinski definition) is 1. The van der Waals surface area contributed by atoms with Gasteiger partial charge in [-0.1, -0.05) is 24.7 Å². The molecule has 1 aromatic heterocycles. The molecule has 0 saturated carbocycles. The second-order valence-corrected chi connectivity index (χ2v) is 4.57. The minimum Gasteiger partial charge on any atom is -0.477 e. The van der Waals surface area contributed by atoms with E-state index in [1.165, 1.54) is 11.3 Å². The zero-order chi connectivity index (χ0) is 9.14. The van der Waals surface area contributed by atoms with Gasteiger partial charge in [0, 0.05) is 0 Å². The lowest BCUT2D eigenvalue weighted by molar-refractivity contribution is 0.0700. The second-order valence-electron chi connectivity index (χ2n) is 2.30. The van der Waals surface area contributed by atoms with Crippen molar-refractivity contribution in [1.29, 1.82) is 0 Å². The van der Waals surface area contributed by atoms with E-state index in [9.17, 15) is 4.79 Å². The van der Waals surface area contributed by atoms with Gasteiger partial charge in [-0.2, -0.15) is 0 Å². The molecular weight excluding hydrogens is 242 g/mol. The molecule has 1 rings (SSSR count). The summed E-state index contributed by atoms with van der Waals surface area (Å²) in [5, 5.41) is 8.76. The van der Waals surface area contributed by atoms with Crippen LogP contribution in [0.1, 0.15) is 28.7 Å². The van der Waals surface area contributed by atoms with Crippen molar-refractivity contribution >= 4 is 33.2 Å². The zero-order valence-electron chi connectivity index (χ0n) is 6.50. The first-order valence-corrected chi connectivity index (χ1v) is 5.14. The molecule has 0 amide bonds. The van der Waals surface area contributed by atoms with Crippen molar-refractivity contribution in [3.8, 4) is 0 Å². The maximum Gasteiger partial charge on any atom is 0.347 e. The molecule has 0 radical (unpaired) electrons. The molecule has 66 valence electrons. The fourth-order valence-corrected chi connectivity index (χ4v) is 2.27. The molecule has 1 heterocycles. The van der Waals surface area contributed by atoms with Gasteiger partial charge in [0.25, 0.3) is 0 Å². The highest BCUT2D eigenvalue weighted by Gasteiger charge is 2.14. The van der Waals surface area contributed by atoms with Gasteiger partial charge >= 0.3 is 5.97 Å². The number of carboxylic acid groups (broad SMARTS) is 1. The molecule has 0 atom stereocenters. The normalized spacial score (nSPS) is 10.2. The Labute approximate surface area is 82.6 Å². The molecule has 0 spiro atoms. The van der Waals surface area contributed by atoms with Gasteiger partial charge in [-0.05, 0) is 22.4 Å². The molecule has 0 aliphatic rings. The van der Waals surface area contributed by atoms with Crippen LogP contribution < -0.4 is 0 Å². The highest BCUT2D eigenvalue weighted by atomic mass is 79.9. The Balaban J connectivity index is 2.99. The van der Waals surface area contributed by atoms with Gasteiger partial charge in [0.05, 0.1) is 5.69 Å². The van der Waals surface area contributed by atoms with Crippen LogP contribution in [0.15, 0.2) is 3.92 Å². The molecular formula is C7H8BrNO2S. The van der Waals surface area contributed by atoms with Gasteiger partial charge in [0.2, 0.25) is 0 Å². The number of aromatic carboxylic acids is 1. The van der Waals surface area contributed by atoms with Crippen LogP contribution in [0.5, 0.6) is 0 Å². The number of rotatable bonds is 3. The first-order valence-electron chi connectivity index (χ1n) is 3.53. The Hall–Kier alpha value is -0.420. The highest BCUT2D eigenvalue weighted by molar-refractivity contribution is 9.11. The Morgan fingerprint density at radius 2 is 2.42 bits per heavy atom. The number of carboxylic acids is 1. The standard InChI is InChI=1S/C7H8BrNO2S/c1-2-3-4-5(6(10)11)12-7(8)9-4/h2-3H2,1H3,(H,10,11). The smallest absolute Gasteiger partial charge is 0.347 e. The maximum absolute atomic E-state index is 10.7. The minimum absolute atomic E-state index is 0.351. The largest absolute Gasteiger partial charge is 0.477 e. The Morgan fingerprint density at radius 1 is 1.75 bits per heavy atom. The molecule has 1 aromatic rings. The van der Waals surface area contributed by atoms with Crippen molar-refractivity contribution in [2.45, 2.75) is 19.8 Å². The van der Waals surface area contributed by atoms with Crippen molar-refractivity contribution in [2.75, 3.05) is 0 Å². The van der Waals surface area contributed by atoms with E-state index in [1.807, 2.05) is 6.92 Å². The lowest BCUT2D eigenvalue weighted by Crippen LogP contribution is -1.98. The minimum atomic E-state index is -0.887. The van der Waals surface area contributed by atoms with Crippen molar-refractivity contribution in [3.05, 3.63) is 14.5 Å². The third kappa shape index (κ3) is 2.04. The van der Waals surface area contributed by atoms with Crippen LogP contribution in [0.2, 0.25) is 0 Å². The third-order valence-corrected chi connectivity index (χ3v) is 2.89. The molecule has 0 bridgehead atoms. The summed E-state index contributed by atoms with van der Waals surface area (Å²) in [7, 11) is 0. The first-order chi connectivity index (χ1) is 5.65. The van der Waals surface area contributed by atoms with Crippen LogP contribution in [0.25, 0.3) is 0 Å². The van der Waals surface area contributed by atoms with Crippen molar-refractivity contribution in [3.63, 3.8) is 0 Å². The molecule has 1 N–H and O–H groups in total. The Kier molecular flexibility index (Phi) is 3.22. The van der Waals surface area contributed by atoms with E-state index in [0.29, 0.717) is 14.5 Å². The van der Waals surface area contributed by atoms with Gasteiger partial charge in [-0.25, -0.2) is 9.78 Å². The van der Waals surface area contributed by atoms with Crippen molar-refractivity contribution in [2.24, 2.45) is 0 Å². The van der Waals surface area contributed by atoms with E-state index in [1.54, 1.807) is 0 Å². The van der Waals surface area contributed by atoms with Crippen molar-refractivity contribution < 1.29 is 9.90 Å². The zero-order valence-corrected chi connectivity index (χ0v) is 8.91. The van der Waals surface area contributed by atoms with E-state index in [-0.39, 0.29) is 0 Å². The predicted octanol–water partition coefficient (Wildman–Crippen LogP) is 2.56. The van der Waals surface area contributed by atoms with Gasteiger partial charge in [-0.3, -0.25) is 0 Å². The lowest BCUT2D eigenvalue weighted by Gasteiger charge is -1.92. The van der Waals surface area contributed by atoms with Crippen LogP contribution in [0, 0.1) is 0 Å². The summed E-state index contributed by atoms with van der Waals surface area (Å²) in [4.78, 5) is 15.1. The van der Waals surface area contributed by atoms with Gasteiger partial charge in [0.1, 0.15) is 4.88 Å². The Bertz CT molecular complexity index is 298. The SMILES string of the molecule is CCCc1nc(Br)sc1C(=O)O. The van der Waals surface area contributed by atoms with Gasteiger partial charge in [0.15, 0.2) is 3.92 Å². The number of aromatic nitrogens is 1. The molecule has 0 saturated heterocycles. The van der Waals surface area contributed by atoms with Gasteiger partial charge < -0.3 is 5.11 Å². The summed E-state index contributed by atoms with van der Waals surface area (Å²) in [6.45, 7) is 2.00. The fraction of sp³-hybridized carbons (Fsp3) is 0.429. The first kappa shape index (κ1) is 9.67. The Morgan fingerprint density at radius 3 is 2.92 bits per heavy atom. The van der Waals surface area contributed by atoms with Crippen LogP contribution >= 0.6 is 27.3 Å². The molecule has 0 fully saturated rings. The summed E-state index contributed by atoms with van der Waals surface area (Å²) < 4.78 is 0.642. The summed E-state index contributed by atoms with van der Waals surface area (Å²) in [5.41, 5.74) is 0.682. The van der Waals surface area contributed by atoms with E-state index in [0.717, 1.165) is 12.8 Å². The van der Waals surface area contributed by atoms with Crippen LogP contribution in [-0.4, -0.2) is 16.1 Å². The molecule has 0 aromatic carbocycles. The molecule has 0 aliphatic carbocycles. The molecule has 0 unspecified atom stereocenters. The number of thiazole rings is 1. The van der Waals surface area contributed by atoms with Crippen molar-refractivity contribution in [1.82, 2.24) is 4.98 Å². The van der Waals surface area contributed by atoms with Gasteiger partial charge in [-0.15, -0.1) is 0 Å². The van der Waals surface area contributed by atoms with E-state index in [4.69, 9.17) is 5.11 Å². The summed E-state index contributed by atoms with van der Waals surface area (Å²) in [5.74, 6) is -0.887. The summed E-state index contributed by atoms with van der Waals surface area (Å²) in [6.07, 6.45) is 1.64. The number of hydrogen-bond acceptors (Lipinski definition) is 3. The second kappa shape index (κ2) is 4.00. The summed E-state index contributed by atoms with van der Waals surface area (Å²) in [6, 6.07) is 0. The summed E-state index contributed by atoms with van der Waals surface area (Å²) >= 11 is 4.33. The van der Waals surface area contributed by atoms with Crippen LogP contribution in [-0.2, 0) is 6.42 Å². The quantitative estimate of drug-likeness (QED) is 0.896. The van der Waals surface area contributed by atoms with E-state index >= 15 is 0 Å². The number of aryl methyl sites for hydroxylation is 1.